The minimum absolute atomic E-state index is 0.0615. The Balaban J connectivity index is 2.20. The standard InChI is InChI=1S/C13H15N3O3S/c1-9-3-5-14-12(11(9)16(18)19)15-8-13(2,17)10-4-6-20-7-10/h3-7,17H,8H2,1-2H3,(H,14,15). The Morgan fingerprint density at radius 3 is 2.90 bits per heavy atom. The van der Waals surface area contributed by atoms with E-state index in [1.807, 2.05) is 16.8 Å². The van der Waals surface area contributed by atoms with E-state index in [1.165, 1.54) is 17.5 Å². The lowest BCUT2D eigenvalue weighted by atomic mass is 9.99. The van der Waals surface area contributed by atoms with Crippen molar-refractivity contribution < 1.29 is 10.0 Å². The summed E-state index contributed by atoms with van der Waals surface area (Å²) < 4.78 is 0. The van der Waals surface area contributed by atoms with Crippen molar-refractivity contribution >= 4 is 22.8 Å². The van der Waals surface area contributed by atoms with E-state index in [9.17, 15) is 15.2 Å². The van der Waals surface area contributed by atoms with Gasteiger partial charge in [0.15, 0.2) is 0 Å². The van der Waals surface area contributed by atoms with Gasteiger partial charge in [0.05, 0.1) is 4.92 Å². The zero-order valence-electron chi connectivity index (χ0n) is 11.2. The van der Waals surface area contributed by atoms with Crippen molar-refractivity contribution in [2.75, 3.05) is 11.9 Å². The van der Waals surface area contributed by atoms with E-state index >= 15 is 0 Å². The molecule has 2 aromatic heterocycles. The van der Waals surface area contributed by atoms with Crippen LogP contribution in [0.2, 0.25) is 0 Å². The van der Waals surface area contributed by atoms with E-state index in [0.717, 1.165) is 5.56 Å². The topological polar surface area (TPSA) is 88.3 Å². The van der Waals surface area contributed by atoms with Crippen LogP contribution in [0.1, 0.15) is 18.1 Å². The predicted molar refractivity (Wildman–Crippen MR) is 78.0 cm³/mol. The van der Waals surface area contributed by atoms with Gasteiger partial charge in [-0.3, -0.25) is 10.1 Å². The highest BCUT2D eigenvalue weighted by Gasteiger charge is 2.26. The molecule has 7 heteroatoms. The molecular weight excluding hydrogens is 278 g/mol. The van der Waals surface area contributed by atoms with Crippen LogP contribution < -0.4 is 5.32 Å². The number of nitrogens with one attached hydrogen (secondary N) is 1. The molecule has 0 aromatic carbocycles. The third-order valence-corrected chi connectivity index (χ3v) is 3.73. The number of hydrogen-bond donors (Lipinski definition) is 2. The fourth-order valence-electron chi connectivity index (χ4n) is 1.84. The van der Waals surface area contributed by atoms with Crippen molar-refractivity contribution in [2.45, 2.75) is 19.4 Å². The monoisotopic (exact) mass is 293 g/mol. The molecule has 0 amide bonds. The Labute approximate surface area is 120 Å². The Hall–Kier alpha value is -1.99. The van der Waals surface area contributed by atoms with Gasteiger partial charge in [-0.15, -0.1) is 0 Å². The summed E-state index contributed by atoms with van der Waals surface area (Å²) in [4.78, 5) is 14.6. The number of hydrogen-bond acceptors (Lipinski definition) is 6. The first kappa shape index (κ1) is 14.4. The molecular formula is C13H15N3O3S. The van der Waals surface area contributed by atoms with Gasteiger partial charge in [-0.25, -0.2) is 4.98 Å². The number of pyridine rings is 1. The second kappa shape index (κ2) is 5.56. The Bertz CT molecular complexity index is 611. The molecule has 0 aliphatic heterocycles. The Morgan fingerprint density at radius 2 is 2.30 bits per heavy atom. The number of aliphatic hydroxyl groups is 1. The van der Waals surface area contributed by atoms with E-state index in [4.69, 9.17) is 0 Å². The van der Waals surface area contributed by atoms with E-state index in [2.05, 4.69) is 10.3 Å². The molecule has 2 N–H and O–H groups in total. The van der Waals surface area contributed by atoms with Crippen LogP contribution in [-0.2, 0) is 5.60 Å². The summed E-state index contributed by atoms with van der Waals surface area (Å²) in [6.07, 6.45) is 1.50. The van der Waals surface area contributed by atoms with Crippen molar-refractivity contribution in [1.82, 2.24) is 4.98 Å². The summed E-state index contributed by atoms with van der Waals surface area (Å²) in [6, 6.07) is 3.41. The highest BCUT2D eigenvalue weighted by molar-refractivity contribution is 7.08. The molecule has 106 valence electrons. The van der Waals surface area contributed by atoms with E-state index < -0.39 is 10.5 Å². The van der Waals surface area contributed by atoms with Crippen molar-refractivity contribution in [3.63, 3.8) is 0 Å². The lowest BCUT2D eigenvalue weighted by Gasteiger charge is -2.23. The van der Waals surface area contributed by atoms with E-state index in [1.54, 1.807) is 19.9 Å². The fraction of sp³-hybridized carbons (Fsp3) is 0.308. The summed E-state index contributed by atoms with van der Waals surface area (Å²) in [6.45, 7) is 3.45. The maximum absolute atomic E-state index is 11.1. The lowest BCUT2D eigenvalue weighted by Crippen LogP contribution is -2.30. The normalized spacial score (nSPS) is 13.8. The van der Waals surface area contributed by atoms with Gasteiger partial charge in [-0.1, -0.05) is 0 Å². The second-order valence-electron chi connectivity index (χ2n) is 4.72. The molecule has 0 spiro atoms. The van der Waals surface area contributed by atoms with Crippen molar-refractivity contribution in [2.24, 2.45) is 0 Å². The number of anilines is 1. The largest absolute Gasteiger partial charge is 0.384 e. The van der Waals surface area contributed by atoms with E-state index in [-0.39, 0.29) is 18.1 Å². The average molecular weight is 293 g/mol. The summed E-state index contributed by atoms with van der Waals surface area (Å²) in [7, 11) is 0. The summed E-state index contributed by atoms with van der Waals surface area (Å²) >= 11 is 1.49. The minimum Gasteiger partial charge on any atom is -0.384 e. The number of thiophene rings is 1. The zero-order chi connectivity index (χ0) is 14.8. The maximum Gasteiger partial charge on any atom is 0.314 e. The summed E-state index contributed by atoms with van der Waals surface area (Å²) in [5, 5.41) is 28.0. The van der Waals surface area contributed by atoms with Gasteiger partial charge in [0, 0.05) is 18.3 Å². The van der Waals surface area contributed by atoms with Gasteiger partial charge in [-0.05, 0) is 42.3 Å². The molecule has 1 unspecified atom stereocenters. The van der Waals surface area contributed by atoms with Crippen LogP contribution in [0.5, 0.6) is 0 Å². The van der Waals surface area contributed by atoms with E-state index in [0.29, 0.717) is 5.56 Å². The first-order valence-corrected chi connectivity index (χ1v) is 6.95. The van der Waals surface area contributed by atoms with Gasteiger partial charge in [0.25, 0.3) is 0 Å². The lowest BCUT2D eigenvalue weighted by molar-refractivity contribution is -0.384. The molecule has 1 atom stereocenters. The summed E-state index contributed by atoms with van der Waals surface area (Å²) in [5.74, 6) is 0.172. The van der Waals surface area contributed by atoms with Crippen LogP contribution in [0.4, 0.5) is 11.5 Å². The molecule has 0 fully saturated rings. The number of aromatic nitrogens is 1. The van der Waals surface area contributed by atoms with Gasteiger partial charge < -0.3 is 10.4 Å². The first-order valence-electron chi connectivity index (χ1n) is 6.01. The first-order chi connectivity index (χ1) is 9.42. The fourth-order valence-corrected chi connectivity index (χ4v) is 2.62. The predicted octanol–water partition coefficient (Wildman–Crippen LogP) is 2.68. The Kier molecular flexibility index (Phi) is 4.01. The molecule has 2 heterocycles. The molecule has 0 saturated carbocycles. The molecule has 2 aromatic rings. The molecule has 0 radical (unpaired) electrons. The smallest absolute Gasteiger partial charge is 0.314 e. The summed E-state index contributed by atoms with van der Waals surface area (Å²) in [5.41, 5.74) is 0.126. The van der Waals surface area contributed by atoms with Gasteiger partial charge in [0.2, 0.25) is 5.82 Å². The highest BCUT2D eigenvalue weighted by atomic mass is 32.1. The molecule has 0 bridgehead atoms. The maximum atomic E-state index is 11.1. The van der Waals surface area contributed by atoms with Crippen LogP contribution in [0.3, 0.4) is 0 Å². The minimum atomic E-state index is -1.11. The van der Waals surface area contributed by atoms with Gasteiger partial charge >= 0.3 is 5.69 Å². The van der Waals surface area contributed by atoms with Crippen molar-refractivity contribution in [3.05, 3.63) is 50.3 Å². The highest BCUT2D eigenvalue weighted by Crippen LogP contribution is 2.28. The van der Waals surface area contributed by atoms with Crippen molar-refractivity contribution in [1.29, 1.82) is 0 Å². The zero-order valence-corrected chi connectivity index (χ0v) is 12.0. The van der Waals surface area contributed by atoms with Crippen LogP contribution in [-0.4, -0.2) is 21.6 Å². The number of nitro groups is 1. The molecule has 0 saturated heterocycles. The number of nitrogens with zero attached hydrogens (tertiary/aromatic N) is 2. The molecule has 6 nitrogen and oxygen atoms in total. The van der Waals surface area contributed by atoms with Gasteiger partial charge in [-0.2, -0.15) is 11.3 Å². The quantitative estimate of drug-likeness (QED) is 0.653. The second-order valence-corrected chi connectivity index (χ2v) is 5.50. The third-order valence-electron chi connectivity index (χ3n) is 3.05. The number of aryl methyl sites for hydroxylation is 1. The van der Waals surface area contributed by atoms with Crippen LogP contribution in [0.25, 0.3) is 0 Å². The number of rotatable bonds is 5. The SMILES string of the molecule is Cc1ccnc(NCC(C)(O)c2ccsc2)c1[N+](=O)[O-]. The molecule has 20 heavy (non-hydrogen) atoms. The Morgan fingerprint density at radius 1 is 1.55 bits per heavy atom. The van der Waals surface area contributed by atoms with Crippen LogP contribution in [0.15, 0.2) is 29.1 Å². The van der Waals surface area contributed by atoms with Gasteiger partial charge in [0.1, 0.15) is 5.60 Å². The van der Waals surface area contributed by atoms with Crippen LogP contribution in [0, 0.1) is 17.0 Å². The molecule has 2 rings (SSSR count). The van der Waals surface area contributed by atoms with Crippen molar-refractivity contribution in [3.8, 4) is 0 Å². The third kappa shape index (κ3) is 2.94. The molecule has 0 aliphatic rings. The van der Waals surface area contributed by atoms with Crippen LogP contribution >= 0.6 is 11.3 Å². The average Bonchev–Trinajstić information content (AvgIpc) is 2.90. The molecule has 0 aliphatic carbocycles.